The van der Waals surface area contributed by atoms with Crippen LogP contribution in [-0.4, -0.2) is 185 Å². The van der Waals surface area contributed by atoms with Gasteiger partial charge in [-0.1, -0.05) is 45.8 Å². The quantitative estimate of drug-likeness (QED) is 0.0736. The number of carbonyl (C=O) groups excluding carboxylic acids is 1. The SMILES string of the molecule is C[C@@H]1O[C@@H](OC2C(O)C(C(=O)O)OC(OC3CCC4(C)C5CC6=C7C8CC(C)(C)CCC8(C(=O)O)[C@H](O)C[C@@]7(C)[C@]65CC[C@H]4C3(C)C=O)C2OC2OC(CO)C(O)C(O)C2O)C(O)C(O)C1O. The second kappa shape index (κ2) is 16.7. The highest BCUT2D eigenvalue weighted by atomic mass is 16.8. The summed E-state index contributed by atoms with van der Waals surface area (Å²) in [6.07, 6.45) is -23.5. The maximum Gasteiger partial charge on any atom is 0.335 e. The highest BCUT2D eigenvalue weighted by Gasteiger charge is 2.81. The zero-order valence-corrected chi connectivity index (χ0v) is 38.8. The third-order valence-electron chi connectivity index (χ3n) is 19.3. The predicted octanol–water partition coefficient (Wildman–Crippen LogP) is -0.660. The van der Waals surface area contributed by atoms with Crippen molar-refractivity contribution < 1.29 is 99.0 Å². The third-order valence-corrected chi connectivity index (χ3v) is 19.3. The second-order valence-electron chi connectivity index (χ2n) is 23.0. The van der Waals surface area contributed by atoms with Crippen molar-refractivity contribution in [1.29, 1.82) is 0 Å². The fraction of sp³-hybridized carbons (Fsp3) is 0.894. The standard InChI is InChI=1S/C47H70O20/c1-18-27(51)29(53)31(55)38(62-18)65-34-33(57)35(37(58)59)66-40(36(34)67-39-32(56)30(54)28(52)21(16-48)63-39)64-25-8-9-43(4)22(44(25,5)17-49)7-10-47-19(13-23(43)47)26-20-14-42(2,3)11-12-46(20,41(60)61)24(50)15-45(26,47)6/h17-18,20-25,27-36,38-40,48,50-57H,7-16H2,1-6H3,(H,58,59)(H,60,61)/t18-,20?,21?,22+,23?,24+,25?,27?,28?,29?,30?,31?,32?,33?,34?,35?,36?,38-,39?,40?,43?,44?,45+,46?,47+/m0/s1. The number of allylic oxidation sites excluding steroid dienone is 2. The van der Waals surface area contributed by atoms with Crippen molar-refractivity contribution in [3.05, 3.63) is 11.1 Å². The van der Waals surface area contributed by atoms with Crippen LogP contribution in [0.2, 0.25) is 0 Å². The van der Waals surface area contributed by atoms with Crippen molar-refractivity contribution in [2.24, 2.45) is 50.2 Å². The number of aliphatic carboxylic acids is 2. The Morgan fingerprint density at radius 1 is 0.701 bits per heavy atom. The predicted molar refractivity (Wildman–Crippen MR) is 225 cm³/mol. The number of hydrogen-bond donors (Lipinski definition) is 11. The van der Waals surface area contributed by atoms with Gasteiger partial charge < -0.3 is 89.4 Å². The summed E-state index contributed by atoms with van der Waals surface area (Å²) in [5.41, 5.74) is -1.28. The summed E-state index contributed by atoms with van der Waals surface area (Å²) in [5, 5.41) is 119. The first-order valence-corrected chi connectivity index (χ1v) is 23.9. The van der Waals surface area contributed by atoms with Gasteiger partial charge in [-0.15, -0.1) is 0 Å². The second-order valence-corrected chi connectivity index (χ2v) is 23.0. The first-order valence-electron chi connectivity index (χ1n) is 23.9. The van der Waals surface area contributed by atoms with E-state index in [1.807, 2.05) is 0 Å². The number of rotatable bonds is 10. The van der Waals surface area contributed by atoms with E-state index in [9.17, 15) is 70.6 Å². The van der Waals surface area contributed by atoms with Crippen LogP contribution >= 0.6 is 0 Å². The minimum atomic E-state index is -2.14. The molecular formula is C47H70O20. The molecule has 20 heteroatoms. The zero-order chi connectivity index (χ0) is 48.9. The van der Waals surface area contributed by atoms with Crippen molar-refractivity contribution in [3.8, 4) is 0 Å². The van der Waals surface area contributed by atoms with Gasteiger partial charge in [0.1, 0.15) is 72.7 Å². The number of carboxylic acid groups (broad SMARTS) is 2. The van der Waals surface area contributed by atoms with Gasteiger partial charge in [-0.05, 0) is 93.3 Å². The molecule has 0 aromatic rings. The summed E-state index contributed by atoms with van der Waals surface area (Å²) in [6.45, 7) is 11.0. The normalized spacial score (nSPS) is 55.6. The van der Waals surface area contributed by atoms with E-state index in [1.165, 1.54) is 18.1 Å². The molecule has 0 aromatic carbocycles. The topological polar surface area (TPSA) is 329 Å². The third kappa shape index (κ3) is 6.82. The van der Waals surface area contributed by atoms with E-state index in [4.69, 9.17) is 28.4 Å². The minimum absolute atomic E-state index is 0.0829. The van der Waals surface area contributed by atoms with E-state index in [1.54, 1.807) is 6.92 Å². The van der Waals surface area contributed by atoms with Crippen molar-refractivity contribution in [2.75, 3.05) is 6.61 Å². The highest BCUT2D eigenvalue weighted by Crippen LogP contribution is 2.87. The zero-order valence-electron chi connectivity index (χ0n) is 38.8. The molecule has 1 spiro atoms. The fourth-order valence-electron chi connectivity index (χ4n) is 15.7. The molecule has 6 aliphatic carbocycles. The maximum absolute atomic E-state index is 13.8. The molecule has 11 N–H and O–H groups in total. The molecule has 8 fully saturated rings. The minimum Gasteiger partial charge on any atom is -0.481 e. The summed E-state index contributed by atoms with van der Waals surface area (Å²) in [6, 6.07) is 0. The van der Waals surface area contributed by atoms with Crippen LogP contribution in [0.5, 0.6) is 0 Å². The number of aldehydes is 1. The van der Waals surface area contributed by atoms with Crippen molar-refractivity contribution >= 4 is 18.2 Å². The molecule has 0 amide bonds. The number of carboxylic acids is 2. The number of fused-ring (bicyclic) bond motifs is 5. The monoisotopic (exact) mass is 954 g/mol. The van der Waals surface area contributed by atoms with Crippen LogP contribution in [0.15, 0.2) is 11.1 Å². The molecule has 5 saturated carbocycles. The number of ether oxygens (including phenoxy) is 6. The van der Waals surface area contributed by atoms with Crippen molar-refractivity contribution in [2.45, 2.75) is 204 Å². The van der Waals surface area contributed by atoms with E-state index >= 15 is 0 Å². The number of aliphatic hydroxyl groups is 9. The van der Waals surface area contributed by atoms with Gasteiger partial charge in [-0.2, -0.15) is 0 Å². The van der Waals surface area contributed by atoms with Gasteiger partial charge in [0.25, 0.3) is 0 Å². The lowest BCUT2D eigenvalue weighted by Crippen LogP contribution is -2.76. The summed E-state index contributed by atoms with van der Waals surface area (Å²) < 4.78 is 36.2. The van der Waals surface area contributed by atoms with Gasteiger partial charge in [0.05, 0.1) is 30.3 Å². The summed E-state index contributed by atoms with van der Waals surface area (Å²) >= 11 is 0. The molecule has 20 nitrogen and oxygen atoms in total. The summed E-state index contributed by atoms with van der Waals surface area (Å²) in [4.78, 5) is 39.7. The fourth-order valence-corrected chi connectivity index (χ4v) is 15.7. The lowest BCUT2D eigenvalue weighted by atomic mass is 9.22. The van der Waals surface area contributed by atoms with Crippen LogP contribution in [0, 0.1) is 50.2 Å². The van der Waals surface area contributed by atoms with Gasteiger partial charge >= 0.3 is 11.9 Å². The lowest BCUT2D eigenvalue weighted by Gasteiger charge is -2.81. The van der Waals surface area contributed by atoms with Crippen LogP contribution in [0.3, 0.4) is 0 Å². The molecule has 0 bridgehead atoms. The molecule has 9 aliphatic rings. The average Bonchev–Trinajstić information content (AvgIpc) is 3.26. The molecule has 25 atom stereocenters. The van der Waals surface area contributed by atoms with E-state index in [0.29, 0.717) is 44.9 Å². The maximum atomic E-state index is 13.8. The number of hydrogen-bond acceptors (Lipinski definition) is 18. The highest BCUT2D eigenvalue weighted by molar-refractivity contribution is 5.79. The molecule has 19 unspecified atom stereocenters. The van der Waals surface area contributed by atoms with E-state index in [0.717, 1.165) is 12.7 Å². The smallest absolute Gasteiger partial charge is 0.335 e. The Morgan fingerprint density at radius 2 is 1.34 bits per heavy atom. The molecule has 0 radical (unpaired) electrons. The Kier molecular flexibility index (Phi) is 12.4. The van der Waals surface area contributed by atoms with Crippen LogP contribution in [-0.2, 0) is 42.8 Å². The average molecular weight is 955 g/mol. The van der Waals surface area contributed by atoms with Gasteiger partial charge in [0, 0.05) is 10.8 Å². The molecule has 3 aliphatic heterocycles. The van der Waals surface area contributed by atoms with Gasteiger partial charge in [-0.25, -0.2) is 4.79 Å². The van der Waals surface area contributed by atoms with Crippen LogP contribution in [0.4, 0.5) is 0 Å². The van der Waals surface area contributed by atoms with Crippen LogP contribution in [0.25, 0.3) is 0 Å². The van der Waals surface area contributed by atoms with E-state index in [2.05, 4.69) is 27.7 Å². The number of aliphatic hydroxyl groups excluding tert-OH is 9. The van der Waals surface area contributed by atoms with Crippen LogP contribution < -0.4 is 0 Å². The largest absolute Gasteiger partial charge is 0.481 e. The first-order chi connectivity index (χ1) is 31.3. The molecule has 3 heterocycles. The van der Waals surface area contributed by atoms with Crippen molar-refractivity contribution in [3.63, 3.8) is 0 Å². The summed E-state index contributed by atoms with van der Waals surface area (Å²) in [5.74, 6) is -3.13. The van der Waals surface area contributed by atoms with Gasteiger partial charge in [-0.3, -0.25) is 4.79 Å². The van der Waals surface area contributed by atoms with E-state index in [-0.39, 0.29) is 35.0 Å². The molecular weight excluding hydrogens is 884 g/mol. The van der Waals surface area contributed by atoms with Gasteiger partial charge in [0.2, 0.25) is 0 Å². The molecule has 3 saturated heterocycles. The molecule has 67 heavy (non-hydrogen) atoms. The lowest BCUT2D eigenvalue weighted by molar-refractivity contribution is -0.394. The van der Waals surface area contributed by atoms with Gasteiger partial charge in [0.15, 0.2) is 25.0 Å². The van der Waals surface area contributed by atoms with Crippen molar-refractivity contribution in [1.82, 2.24) is 0 Å². The Balaban J connectivity index is 1.03. The van der Waals surface area contributed by atoms with E-state index < -0.39 is 145 Å². The Labute approximate surface area is 388 Å². The summed E-state index contributed by atoms with van der Waals surface area (Å²) in [7, 11) is 0. The Bertz CT molecular complexity index is 2000. The molecule has 378 valence electrons. The number of carbonyl (C=O) groups is 3. The Morgan fingerprint density at radius 3 is 1.97 bits per heavy atom. The Hall–Kier alpha value is -2.25. The molecule has 0 aromatic heterocycles. The molecule has 9 rings (SSSR count). The van der Waals surface area contributed by atoms with Crippen LogP contribution in [0.1, 0.15) is 99.3 Å². The first kappa shape index (κ1) is 49.7.